The highest BCUT2D eigenvalue weighted by molar-refractivity contribution is 6.06. The van der Waals surface area contributed by atoms with Gasteiger partial charge in [-0.05, 0) is 26.0 Å². The molecule has 0 saturated heterocycles. The van der Waals surface area contributed by atoms with E-state index in [1.54, 1.807) is 30.3 Å². The summed E-state index contributed by atoms with van der Waals surface area (Å²) in [4.78, 5) is 34.9. The highest BCUT2D eigenvalue weighted by Crippen LogP contribution is 2.03. The average molecular weight is 315 g/mol. The fraction of sp³-hybridized carbons (Fsp3) is 0.312. The first-order chi connectivity index (χ1) is 10.8. The van der Waals surface area contributed by atoms with Crippen LogP contribution in [-0.4, -0.2) is 36.5 Å². The highest BCUT2D eigenvalue weighted by Gasteiger charge is 2.21. The van der Waals surface area contributed by atoms with Crippen LogP contribution in [0.3, 0.4) is 0 Å². The number of amides is 1. The van der Waals surface area contributed by atoms with Gasteiger partial charge < -0.3 is 15.5 Å². The first-order valence-corrected chi connectivity index (χ1v) is 6.83. The van der Waals surface area contributed by atoms with Gasteiger partial charge in [0.25, 0.3) is 5.91 Å². The third-order valence-electron chi connectivity index (χ3n) is 2.97. The predicted molar refractivity (Wildman–Crippen MR) is 82.0 cm³/mol. The smallest absolute Gasteiger partial charge is 0.325 e. The number of aryl methyl sites for hydroxylation is 1. The standard InChI is InChI=1S/C16H17N3O4/c1-10-3-5-12(6-4-10)16(22)19-8-15(21)23-9-14(20)13(7-17)11(2)18/h3-6,13,18H,8-9H2,1-2H3,(H,19,22)/t13-/m1/s1. The van der Waals surface area contributed by atoms with E-state index in [2.05, 4.69) is 5.32 Å². The van der Waals surface area contributed by atoms with Gasteiger partial charge in [-0.15, -0.1) is 0 Å². The van der Waals surface area contributed by atoms with Crippen molar-refractivity contribution >= 4 is 23.4 Å². The molecule has 0 aliphatic carbocycles. The second-order valence-electron chi connectivity index (χ2n) is 4.92. The first-order valence-electron chi connectivity index (χ1n) is 6.83. The number of nitrogens with one attached hydrogen (secondary N) is 2. The number of benzene rings is 1. The zero-order valence-electron chi connectivity index (χ0n) is 12.9. The molecule has 1 aromatic carbocycles. The summed E-state index contributed by atoms with van der Waals surface area (Å²) < 4.78 is 4.69. The Balaban J connectivity index is 2.41. The predicted octanol–water partition coefficient (Wildman–Crippen LogP) is 1.02. The number of hydrogen-bond donors (Lipinski definition) is 2. The first kappa shape index (κ1) is 18.0. The van der Waals surface area contributed by atoms with E-state index in [0.29, 0.717) is 5.56 Å². The molecule has 0 unspecified atom stereocenters. The summed E-state index contributed by atoms with van der Waals surface area (Å²) in [5.41, 5.74) is 1.30. The van der Waals surface area contributed by atoms with Crippen LogP contribution < -0.4 is 5.32 Å². The summed E-state index contributed by atoms with van der Waals surface area (Å²) >= 11 is 0. The van der Waals surface area contributed by atoms with Gasteiger partial charge in [0.2, 0.25) is 0 Å². The molecule has 23 heavy (non-hydrogen) atoms. The number of rotatable bonds is 7. The van der Waals surface area contributed by atoms with E-state index in [1.807, 2.05) is 6.92 Å². The maximum Gasteiger partial charge on any atom is 0.325 e. The number of Topliss-reactive ketones (excluding diaryl/α,β-unsaturated/α-hetero) is 1. The quantitative estimate of drug-likeness (QED) is 0.575. The molecule has 1 aromatic rings. The second-order valence-corrected chi connectivity index (χ2v) is 4.92. The number of ketones is 1. The van der Waals surface area contributed by atoms with Crippen LogP contribution in [0.4, 0.5) is 0 Å². The number of nitriles is 1. The van der Waals surface area contributed by atoms with E-state index in [1.165, 1.54) is 6.92 Å². The topological polar surface area (TPSA) is 120 Å². The summed E-state index contributed by atoms with van der Waals surface area (Å²) in [6.07, 6.45) is 0. The van der Waals surface area contributed by atoms with Crippen molar-refractivity contribution in [2.45, 2.75) is 13.8 Å². The van der Waals surface area contributed by atoms with Crippen LogP contribution in [0.1, 0.15) is 22.8 Å². The van der Waals surface area contributed by atoms with Gasteiger partial charge in [-0.3, -0.25) is 14.4 Å². The molecule has 7 heteroatoms. The zero-order chi connectivity index (χ0) is 17.4. The molecule has 1 amide bonds. The van der Waals surface area contributed by atoms with Crippen molar-refractivity contribution in [1.29, 1.82) is 10.7 Å². The van der Waals surface area contributed by atoms with E-state index in [0.717, 1.165) is 5.56 Å². The molecule has 0 aliphatic rings. The molecular weight excluding hydrogens is 298 g/mol. The normalized spacial score (nSPS) is 11.0. The number of esters is 1. The van der Waals surface area contributed by atoms with Gasteiger partial charge in [-0.1, -0.05) is 17.7 Å². The maximum absolute atomic E-state index is 11.8. The summed E-state index contributed by atoms with van der Waals surface area (Å²) in [6, 6.07) is 8.47. The monoisotopic (exact) mass is 315 g/mol. The largest absolute Gasteiger partial charge is 0.456 e. The minimum Gasteiger partial charge on any atom is -0.456 e. The minimum atomic E-state index is -1.22. The van der Waals surface area contributed by atoms with Crippen LogP contribution in [0, 0.1) is 29.6 Å². The maximum atomic E-state index is 11.8. The van der Waals surface area contributed by atoms with Gasteiger partial charge >= 0.3 is 5.97 Å². The van der Waals surface area contributed by atoms with E-state index in [9.17, 15) is 14.4 Å². The van der Waals surface area contributed by atoms with Gasteiger partial charge in [0.05, 0.1) is 6.07 Å². The molecule has 0 spiro atoms. The molecule has 1 rings (SSSR count). The number of carbonyl (C=O) groups excluding carboxylic acids is 3. The minimum absolute atomic E-state index is 0.110. The third-order valence-corrected chi connectivity index (χ3v) is 2.97. The lowest BCUT2D eigenvalue weighted by molar-refractivity contribution is -0.147. The van der Waals surface area contributed by atoms with Gasteiger partial charge in [-0.25, -0.2) is 0 Å². The molecule has 0 saturated carbocycles. The number of nitrogens with zero attached hydrogens (tertiary/aromatic N) is 1. The van der Waals surface area contributed by atoms with Crippen molar-refractivity contribution in [2.24, 2.45) is 5.92 Å². The van der Waals surface area contributed by atoms with Crippen molar-refractivity contribution in [3.63, 3.8) is 0 Å². The molecule has 0 radical (unpaired) electrons. The van der Waals surface area contributed by atoms with Crippen LogP contribution in [0.15, 0.2) is 24.3 Å². The second kappa shape index (κ2) is 8.44. The Labute approximate surface area is 133 Å². The van der Waals surface area contributed by atoms with Crippen LogP contribution in [0.25, 0.3) is 0 Å². The lowest BCUT2D eigenvalue weighted by Crippen LogP contribution is -2.32. The summed E-state index contributed by atoms with van der Waals surface area (Å²) in [5, 5.41) is 18.4. The molecule has 2 N–H and O–H groups in total. The Morgan fingerprint density at radius 1 is 1.30 bits per heavy atom. The molecular formula is C16H17N3O4. The van der Waals surface area contributed by atoms with Crippen LogP contribution in [0.5, 0.6) is 0 Å². The van der Waals surface area contributed by atoms with Crippen molar-refractivity contribution < 1.29 is 19.1 Å². The van der Waals surface area contributed by atoms with Gasteiger partial charge in [-0.2, -0.15) is 5.26 Å². The average Bonchev–Trinajstić information content (AvgIpc) is 2.51. The van der Waals surface area contributed by atoms with Crippen LogP contribution in [-0.2, 0) is 14.3 Å². The van der Waals surface area contributed by atoms with E-state index in [4.69, 9.17) is 15.4 Å². The Morgan fingerprint density at radius 2 is 1.91 bits per heavy atom. The Morgan fingerprint density at radius 3 is 2.43 bits per heavy atom. The molecule has 0 aliphatic heterocycles. The van der Waals surface area contributed by atoms with Crippen molar-refractivity contribution in [1.82, 2.24) is 5.32 Å². The van der Waals surface area contributed by atoms with Gasteiger partial charge in [0.15, 0.2) is 12.4 Å². The number of hydrogen-bond acceptors (Lipinski definition) is 6. The lowest BCUT2D eigenvalue weighted by Gasteiger charge is -2.08. The summed E-state index contributed by atoms with van der Waals surface area (Å²) in [7, 11) is 0. The SMILES string of the molecule is CC(=N)[C@@H](C#N)C(=O)COC(=O)CNC(=O)c1ccc(C)cc1. The fourth-order valence-electron chi connectivity index (χ4n) is 1.66. The molecule has 0 heterocycles. The lowest BCUT2D eigenvalue weighted by atomic mass is 10.0. The van der Waals surface area contributed by atoms with E-state index < -0.39 is 30.2 Å². The molecule has 7 nitrogen and oxygen atoms in total. The van der Waals surface area contributed by atoms with Gasteiger partial charge in [0, 0.05) is 11.3 Å². The van der Waals surface area contributed by atoms with Crippen molar-refractivity contribution in [2.75, 3.05) is 13.2 Å². The molecule has 0 aromatic heterocycles. The molecule has 0 bridgehead atoms. The van der Waals surface area contributed by atoms with Crippen LogP contribution >= 0.6 is 0 Å². The van der Waals surface area contributed by atoms with E-state index >= 15 is 0 Å². The van der Waals surface area contributed by atoms with Crippen LogP contribution in [0.2, 0.25) is 0 Å². The summed E-state index contributed by atoms with van der Waals surface area (Å²) in [6.45, 7) is 2.23. The highest BCUT2D eigenvalue weighted by atomic mass is 16.5. The Kier molecular flexibility index (Phi) is 6.62. The summed E-state index contributed by atoms with van der Waals surface area (Å²) in [5.74, 6) is -3.11. The molecule has 0 fully saturated rings. The zero-order valence-corrected chi connectivity index (χ0v) is 12.9. The van der Waals surface area contributed by atoms with Gasteiger partial charge in [0.1, 0.15) is 12.5 Å². The number of ether oxygens (including phenoxy) is 1. The van der Waals surface area contributed by atoms with Crippen molar-refractivity contribution in [3.05, 3.63) is 35.4 Å². The Bertz CT molecular complexity index is 659. The van der Waals surface area contributed by atoms with Crippen molar-refractivity contribution in [3.8, 4) is 6.07 Å². The molecule has 120 valence electrons. The van der Waals surface area contributed by atoms with E-state index in [-0.39, 0.29) is 12.3 Å². The third kappa shape index (κ3) is 5.71. The molecule has 1 atom stereocenters. The Hall–Kier alpha value is -3.01. The number of carbonyl (C=O) groups is 3. The fourth-order valence-corrected chi connectivity index (χ4v) is 1.66.